The standard InChI is InChI=1S/C14H15F4NO/c15-9-4-10(16)13(18)11(12(9)17)14(20)5-7-2-1-3-8(6-14)19-7/h4,7-8,19-20H,1-3,5-6H2. The molecular weight excluding hydrogens is 274 g/mol. The topological polar surface area (TPSA) is 32.3 Å². The molecule has 1 aromatic carbocycles. The fourth-order valence-corrected chi connectivity index (χ4v) is 3.52. The van der Waals surface area contributed by atoms with Crippen LogP contribution in [0, 0.1) is 23.3 Å². The number of aliphatic hydroxyl groups is 1. The third-order valence-electron chi connectivity index (χ3n) is 4.32. The van der Waals surface area contributed by atoms with Crippen molar-refractivity contribution in [1.29, 1.82) is 0 Å². The van der Waals surface area contributed by atoms with E-state index in [0.717, 1.165) is 19.3 Å². The summed E-state index contributed by atoms with van der Waals surface area (Å²) in [5.41, 5.74) is -2.73. The number of fused-ring (bicyclic) bond motifs is 2. The highest BCUT2D eigenvalue weighted by atomic mass is 19.2. The fourth-order valence-electron chi connectivity index (χ4n) is 3.52. The van der Waals surface area contributed by atoms with Gasteiger partial charge in [-0.1, -0.05) is 6.42 Å². The van der Waals surface area contributed by atoms with Crippen LogP contribution in [0.1, 0.15) is 37.7 Å². The molecule has 0 spiro atoms. The summed E-state index contributed by atoms with van der Waals surface area (Å²) in [6, 6.07) is -0.00495. The number of nitrogens with one attached hydrogen (secondary N) is 1. The van der Waals surface area contributed by atoms with Crippen LogP contribution in [-0.2, 0) is 5.60 Å². The molecule has 110 valence electrons. The second-order valence-corrected chi connectivity index (χ2v) is 5.77. The van der Waals surface area contributed by atoms with E-state index in [-0.39, 0.29) is 31.0 Å². The Morgan fingerprint density at radius 2 is 1.50 bits per heavy atom. The molecule has 1 aromatic rings. The van der Waals surface area contributed by atoms with Gasteiger partial charge < -0.3 is 10.4 Å². The molecule has 6 heteroatoms. The van der Waals surface area contributed by atoms with Crippen LogP contribution in [-0.4, -0.2) is 17.2 Å². The van der Waals surface area contributed by atoms with Crippen molar-refractivity contribution in [3.8, 4) is 0 Å². The number of hydrogen-bond donors (Lipinski definition) is 2. The van der Waals surface area contributed by atoms with E-state index in [1.807, 2.05) is 0 Å². The molecule has 2 atom stereocenters. The molecule has 2 unspecified atom stereocenters. The first-order valence-corrected chi connectivity index (χ1v) is 6.72. The lowest BCUT2D eigenvalue weighted by molar-refractivity contribution is -0.0419. The molecule has 20 heavy (non-hydrogen) atoms. The average molecular weight is 289 g/mol. The Morgan fingerprint density at radius 3 is 2.00 bits per heavy atom. The van der Waals surface area contributed by atoms with Crippen LogP contribution < -0.4 is 5.32 Å². The van der Waals surface area contributed by atoms with E-state index >= 15 is 0 Å². The molecule has 2 bridgehead atoms. The third-order valence-corrected chi connectivity index (χ3v) is 4.32. The SMILES string of the molecule is OC1(c2c(F)c(F)cc(F)c2F)CC2CCCC(C1)N2. The Morgan fingerprint density at radius 1 is 1.00 bits per heavy atom. The molecule has 2 N–H and O–H groups in total. The minimum atomic E-state index is -1.86. The molecular formula is C14H15F4NO. The van der Waals surface area contributed by atoms with Crippen molar-refractivity contribution in [3.63, 3.8) is 0 Å². The van der Waals surface area contributed by atoms with Gasteiger partial charge in [-0.05, 0) is 25.7 Å². The minimum absolute atomic E-state index is 0.0558. The predicted molar refractivity (Wildman–Crippen MR) is 64.0 cm³/mol. The first-order valence-electron chi connectivity index (χ1n) is 6.72. The van der Waals surface area contributed by atoms with E-state index in [4.69, 9.17) is 0 Å². The summed E-state index contributed by atoms with van der Waals surface area (Å²) < 4.78 is 54.4. The van der Waals surface area contributed by atoms with E-state index in [9.17, 15) is 22.7 Å². The summed E-state index contributed by atoms with van der Waals surface area (Å²) in [4.78, 5) is 0. The maximum atomic E-state index is 13.9. The lowest BCUT2D eigenvalue weighted by Gasteiger charge is -2.45. The van der Waals surface area contributed by atoms with Crippen molar-refractivity contribution in [2.75, 3.05) is 0 Å². The highest BCUT2D eigenvalue weighted by Crippen LogP contribution is 2.42. The van der Waals surface area contributed by atoms with Crippen molar-refractivity contribution in [1.82, 2.24) is 5.32 Å². The van der Waals surface area contributed by atoms with E-state index in [1.165, 1.54) is 0 Å². The Bertz CT molecular complexity index is 510. The predicted octanol–water partition coefficient (Wildman–Crippen LogP) is 2.74. The van der Waals surface area contributed by atoms with Crippen LogP contribution >= 0.6 is 0 Å². The summed E-state index contributed by atoms with van der Waals surface area (Å²) in [7, 11) is 0. The molecule has 0 saturated carbocycles. The number of benzene rings is 1. The molecule has 0 radical (unpaired) electrons. The highest BCUT2D eigenvalue weighted by Gasteiger charge is 2.45. The van der Waals surface area contributed by atoms with Crippen molar-refractivity contribution in [2.24, 2.45) is 0 Å². The Kier molecular flexibility index (Phi) is 3.25. The molecule has 2 heterocycles. The maximum Gasteiger partial charge on any atom is 0.168 e. The quantitative estimate of drug-likeness (QED) is 0.615. The van der Waals surface area contributed by atoms with Crippen LogP contribution in [0.25, 0.3) is 0 Å². The zero-order chi connectivity index (χ0) is 14.5. The van der Waals surface area contributed by atoms with Gasteiger partial charge in [0.15, 0.2) is 23.3 Å². The lowest BCUT2D eigenvalue weighted by Crippen LogP contribution is -2.55. The third kappa shape index (κ3) is 2.11. The molecule has 2 aliphatic heterocycles. The van der Waals surface area contributed by atoms with Gasteiger partial charge in [-0.25, -0.2) is 17.6 Å². The van der Waals surface area contributed by atoms with Gasteiger partial charge in [0.1, 0.15) is 0 Å². The molecule has 0 aromatic heterocycles. The Hall–Kier alpha value is -1.14. The fraction of sp³-hybridized carbons (Fsp3) is 0.571. The summed E-state index contributed by atoms with van der Waals surface area (Å²) >= 11 is 0. The summed E-state index contributed by atoms with van der Waals surface area (Å²) in [5.74, 6) is -5.94. The first-order chi connectivity index (χ1) is 9.40. The van der Waals surface area contributed by atoms with Crippen LogP contribution in [0.3, 0.4) is 0 Å². The molecule has 2 fully saturated rings. The van der Waals surface area contributed by atoms with Crippen molar-refractivity contribution >= 4 is 0 Å². The van der Waals surface area contributed by atoms with Gasteiger partial charge in [0.2, 0.25) is 0 Å². The highest BCUT2D eigenvalue weighted by molar-refractivity contribution is 5.30. The zero-order valence-electron chi connectivity index (χ0n) is 10.7. The average Bonchev–Trinajstić information content (AvgIpc) is 2.36. The molecule has 2 saturated heterocycles. The number of rotatable bonds is 1. The largest absolute Gasteiger partial charge is 0.385 e. The van der Waals surface area contributed by atoms with Crippen molar-refractivity contribution in [2.45, 2.75) is 49.8 Å². The van der Waals surface area contributed by atoms with Crippen molar-refractivity contribution < 1.29 is 22.7 Å². The monoisotopic (exact) mass is 289 g/mol. The maximum absolute atomic E-state index is 13.9. The van der Waals surface area contributed by atoms with Crippen LogP contribution in [0.2, 0.25) is 0 Å². The Labute approximate surface area is 113 Å². The molecule has 0 aliphatic carbocycles. The number of halogens is 4. The number of piperidine rings is 2. The van der Waals surface area contributed by atoms with E-state index < -0.39 is 34.4 Å². The summed E-state index contributed by atoms with van der Waals surface area (Å²) in [6.45, 7) is 0. The van der Waals surface area contributed by atoms with Crippen LogP contribution in [0.5, 0.6) is 0 Å². The summed E-state index contributed by atoms with van der Waals surface area (Å²) in [5, 5.41) is 13.9. The van der Waals surface area contributed by atoms with Crippen LogP contribution in [0.4, 0.5) is 17.6 Å². The second kappa shape index (κ2) is 4.70. The molecule has 2 aliphatic rings. The normalized spacial score (nSPS) is 33.2. The van der Waals surface area contributed by atoms with Crippen molar-refractivity contribution in [3.05, 3.63) is 34.9 Å². The molecule has 0 amide bonds. The van der Waals surface area contributed by atoms with Gasteiger partial charge in [0.05, 0.1) is 11.2 Å². The first kappa shape index (κ1) is 13.8. The number of hydrogen-bond acceptors (Lipinski definition) is 2. The van der Waals surface area contributed by atoms with Gasteiger partial charge in [-0.2, -0.15) is 0 Å². The smallest absolute Gasteiger partial charge is 0.168 e. The van der Waals surface area contributed by atoms with Crippen LogP contribution in [0.15, 0.2) is 6.07 Å². The van der Waals surface area contributed by atoms with Gasteiger partial charge in [0.25, 0.3) is 0 Å². The van der Waals surface area contributed by atoms with E-state index in [0.29, 0.717) is 0 Å². The van der Waals surface area contributed by atoms with Gasteiger partial charge in [-0.15, -0.1) is 0 Å². The van der Waals surface area contributed by atoms with Gasteiger partial charge in [0, 0.05) is 18.2 Å². The van der Waals surface area contributed by atoms with Gasteiger partial charge in [-0.3, -0.25) is 0 Å². The molecule has 2 nitrogen and oxygen atoms in total. The van der Waals surface area contributed by atoms with Gasteiger partial charge >= 0.3 is 0 Å². The zero-order valence-corrected chi connectivity index (χ0v) is 10.7. The lowest BCUT2D eigenvalue weighted by atomic mass is 9.73. The Balaban J connectivity index is 2.08. The molecule has 3 rings (SSSR count). The van der Waals surface area contributed by atoms with E-state index in [2.05, 4.69) is 5.32 Å². The second-order valence-electron chi connectivity index (χ2n) is 5.77. The minimum Gasteiger partial charge on any atom is -0.385 e. The summed E-state index contributed by atoms with van der Waals surface area (Å²) in [6.07, 6.45) is 2.64. The van der Waals surface area contributed by atoms with E-state index in [1.54, 1.807) is 0 Å².